The molecule has 98 valence electrons. The first-order valence-corrected chi connectivity index (χ1v) is 6.04. The Labute approximate surface area is 112 Å². The van der Waals surface area contributed by atoms with Crippen molar-refractivity contribution in [3.05, 3.63) is 48.4 Å². The highest BCUT2D eigenvalue weighted by Gasteiger charge is 2.11. The zero-order chi connectivity index (χ0) is 13.7. The van der Waals surface area contributed by atoms with Gasteiger partial charge in [0.2, 0.25) is 5.91 Å². The summed E-state index contributed by atoms with van der Waals surface area (Å²) in [5, 5.41) is 0. The van der Waals surface area contributed by atoms with E-state index >= 15 is 0 Å². The molecular formula is C14H16N4O. The van der Waals surface area contributed by atoms with Crippen molar-refractivity contribution >= 4 is 17.4 Å². The Kier molecular flexibility index (Phi) is 4.07. The fourth-order valence-corrected chi connectivity index (χ4v) is 1.69. The number of hydrogen-bond acceptors (Lipinski definition) is 4. The van der Waals surface area contributed by atoms with Crippen LogP contribution in [0.2, 0.25) is 0 Å². The summed E-state index contributed by atoms with van der Waals surface area (Å²) < 4.78 is 0. The van der Waals surface area contributed by atoms with Gasteiger partial charge in [-0.3, -0.25) is 14.7 Å². The molecule has 5 heteroatoms. The van der Waals surface area contributed by atoms with Gasteiger partial charge in [-0.2, -0.15) is 0 Å². The SMILES string of the molecule is CN(C(=O)CCc1ccncc1)c1ccc(N)cn1. The fraction of sp³-hybridized carbons (Fsp3) is 0.214. The maximum absolute atomic E-state index is 12.0. The van der Waals surface area contributed by atoms with Crippen LogP contribution >= 0.6 is 0 Å². The van der Waals surface area contributed by atoms with Crippen LogP contribution in [0.25, 0.3) is 0 Å². The first-order valence-electron chi connectivity index (χ1n) is 6.04. The van der Waals surface area contributed by atoms with Crippen LogP contribution in [-0.2, 0) is 11.2 Å². The lowest BCUT2D eigenvalue weighted by Crippen LogP contribution is -2.27. The van der Waals surface area contributed by atoms with Crippen molar-refractivity contribution in [2.45, 2.75) is 12.8 Å². The number of carbonyl (C=O) groups is 1. The van der Waals surface area contributed by atoms with Crippen molar-refractivity contribution in [2.24, 2.45) is 0 Å². The van der Waals surface area contributed by atoms with E-state index in [1.807, 2.05) is 12.1 Å². The third-order valence-corrected chi connectivity index (χ3v) is 2.87. The first kappa shape index (κ1) is 13.0. The second kappa shape index (κ2) is 5.95. The highest BCUT2D eigenvalue weighted by molar-refractivity contribution is 5.92. The van der Waals surface area contributed by atoms with Crippen LogP contribution < -0.4 is 10.6 Å². The number of nitrogens with two attached hydrogens (primary N) is 1. The second-order valence-corrected chi connectivity index (χ2v) is 4.26. The number of aromatic nitrogens is 2. The van der Waals surface area contributed by atoms with Gasteiger partial charge in [-0.05, 0) is 36.2 Å². The normalized spacial score (nSPS) is 10.2. The number of anilines is 2. The van der Waals surface area contributed by atoms with Gasteiger partial charge in [-0.15, -0.1) is 0 Å². The molecule has 0 atom stereocenters. The second-order valence-electron chi connectivity index (χ2n) is 4.26. The standard InChI is InChI=1S/C14H16N4O/c1-18(13-4-3-12(15)10-17-13)14(19)5-2-11-6-8-16-9-7-11/h3-4,6-10H,2,5,15H2,1H3. The van der Waals surface area contributed by atoms with E-state index in [-0.39, 0.29) is 5.91 Å². The summed E-state index contributed by atoms with van der Waals surface area (Å²) in [6.45, 7) is 0. The number of amides is 1. The predicted octanol–water partition coefficient (Wildman–Crippen LogP) is 1.65. The highest BCUT2D eigenvalue weighted by Crippen LogP contribution is 2.12. The number of nitrogen functional groups attached to an aromatic ring is 1. The van der Waals surface area contributed by atoms with Crippen molar-refractivity contribution < 1.29 is 4.79 Å². The predicted molar refractivity (Wildman–Crippen MR) is 74.6 cm³/mol. The molecule has 0 aromatic carbocycles. The van der Waals surface area contributed by atoms with E-state index in [0.717, 1.165) is 5.56 Å². The van der Waals surface area contributed by atoms with Crippen LogP contribution in [0.5, 0.6) is 0 Å². The average molecular weight is 256 g/mol. The summed E-state index contributed by atoms with van der Waals surface area (Å²) >= 11 is 0. The zero-order valence-corrected chi connectivity index (χ0v) is 10.8. The minimum atomic E-state index is 0.0223. The van der Waals surface area contributed by atoms with Gasteiger partial charge in [0.25, 0.3) is 0 Å². The molecule has 2 N–H and O–H groups in total. The number of rotatable bonds is 4. The van der Waals surface area contributed by atoms with Crippen molar-refractivity contribution in [1.29, 1.82) is 0 Å². The van der Waals surface area contributed by atoms with Crippen molar-refractivity contribution in [1.82, 2.24) is 9.97 Å². The Hall–Kier alpha value is -2.43. The Morgan fingerprint density at radius 2 is 2.00 bits per heavy atom. The number of carbonyl (C=O) groups excluding carboxylic acids is 1. The maximum Gasteiger partial charge on any atom is 0.228 e. The van der Waals surface area contributed by atoms with E-state index in [9.17, 15) is 4.79 Å². The van der Waals surface area contributed by atoms with Crippen molar-refractivity contribution in [3.63, 3.8) is 0 Å². The Balaban J connectivity index is 1.94. The van der Waals surface area contributed by atoms with Crippen LogP contribution in [0.3, 0.4) is 0 Å². The van der Waals surface area contributed by atoms with Gasteiger partial charge in [0.15, 0.2) is 0 Å². The van der Waals surface area contributed by atoms with Gasteiger partial charge in [0.1, 0.15) is 5.82 Å². The molecule has 0 saturated carbocycles. The largest absolute Gasteiger partial charge is 0.397 e. The zero-order valence-electron chi connectivity index (χ0n) is 10.8. The number of aryl methyl sites for hydroxylation is 1. The molecule has 0 fully saturated rings. The summed E-state index contributed by atoms with van der Waals surface area (Å²) in [7, 11) is 1.72. The molecule has 1 amide bonds. The quantitative estimate of drug-likeness (QED) is 0.902. The van der Waals surface area contributed by atoms with E-state index in [2.05, 4.69) is 9.97 Å². The Bertz CT molecular complexity index is 539. The molecule has 0 spiro atoms. The third kappa shape index (κ3) is 3.51. The van der Waals surface area contributed by atoms with E-state index < -0.39 is 0 Å². The van der Waals surface area contributed by atoms with Crippen molar-refractivity contribution in [3.8, 4) is 0 Å². The molecule has 0 unspecified atom stereocenters. The van der Waals surface area contributed by atoms with Crippen molar-refractivity contribution in [2.75, 3.05) is 17.7 Å². The highest BCUT2D eigenvalue weighted by atomic mass is 16.2. The third-order valence-electron chi connectivity index (χ3n) is 2.87. The summed E-state index contributed by atoms with van der Waals surface area (Å²) in [4.78, 5) is 21.7. The molecule has 0 saturated heterocycles. The van der Waals surface area contributed by atoms with Crippen LogP contribution in [-0.4, -0.2) is 22.9 Å². The van der Waals surface area contributed by atoms with E-state index in [0.29, 0.717) is 24.3 Å². The molecule has 0 aliphatic rings. The van der Waals surface area contributed by atoms with E-state index in [1.165, 1.54) is 0 Å². The minimum absolute atomic E-state index is 0.0223. The molecule has 19 heavy (non-hydrogen) atoms. The topological polar surface area (TPSA) is 72.1 Å². The van der Waals surface area contributed by atoms with Gasteiger partial charge >= 0.3 is 0 Å². The van der Waals surface area contributed by atoms with Crippen LogP contribution in [0.15, 0.2) is 42.9 Å². The van der Waals surface area contributed by atoms with Crippen LogP contribution in [0.4, 0.5) is 11.5 Å². The van der Waals surface area contributed by atoms with Crippen LogP contribution in [0.1, 0.15) is 12.0 Å². The van der Waals surface area contributed by atoms with Gasteiger partial charge in [0, 0.05) is 25.9 Å². The van der Waals surface area contributed by atoms with Crippen LogP contribution in [0, 0.1) is 0 Å². The minimum Gasteiger partial charge on any atom is -0.397 e. The number of hydrogen-bond donors (Lipinski definition) is 1. The Morgan fingerprint density at radius 3 is 2.63 bits per heavy atom. The smallest absolute Gasteiger partial charge is 0.228 e. The molecule has 2 rings (SSSR count). The number of pyridine rings is 2. The summed E-state index contributed by atoms with van der Waals surface area (Å²) in [5.41, 5.74) is 7.25. The molecule has 2 heterocycles. The summed E-state index contributed by atoms with van der Waals surface area (Å²) in [5.74, 6) is 0.628. The molecule has 2 aromatic heterocycles. The molecule has 2 aromatic rings. The molecule has 0 aliphatic carbocycles. The summed E-state index contributed by atoms with van der Waals surface area (Å²) in [6.07, 6.45) is 6.13. The maximum atomic E-state index is 12.0. The fourth-order valence-electron chi connectivity index (χ4n) is 1.69. The Morgan fingerprint density at radius 1 is 1.26 bits per heavy atom. The molecule has 0 aliphatic heterocycles. The lowest BCUT2D eigenvalue weighted by molar-refractivity contribution is -0.118. The van der Waals surface area contributed by atoms with Gasteiger partial charge in [-0.1, -0.05) is 0 Å². The van der Waals surface area contributed by atoms with E-state index in [1.54, 1.807) is 42.7 Å². The molecule has 5 nitrogen and oxygen atoms in total. The van der Waals surface area contributed by atoms with Gasteiger partial charge < -0.3 is 5.73 Å². The first-order chi connectivity index (χ1) is 9.16. The number of nitrogens with zero attached hydrogens (tertiary/aromatic N) is 3. The molecule has 0 bridgehead atoms. The van der Waals surface area contributed by atoms with Gasteiger partial charge in [-0.25, -0.2) is 4.98 Å². The lowest BCUT2D eigenvalue weighted by Gasteiger charge is -2.16. The van der Waals surface area contributed by atoms with Gasteiger partial charge in [0.05, 0.1) is 11.9 Å². The molecular weight excluding hydrogens is 240 g/mol. The monoisotopic (exact) mass is 256 g/mol. The average Bonchev–Trinajstić information content (AvgIpc) is 2.46. The summed E-state index contributed by atoms with van der Waals surface area (Å²) in [6, 6.07) is 7.29. The van der Waals surface area contributed by atoms with E-state index in [4.69, 9.17) is 5.73 Å². The molecule has 0 radical (unpaired) electrons. The lowest BCUT2D eigenvalue weighted by atomic mass is 10.1.